The Morgan fingerprint density at radius 1 is 1.12 bits per heavy atom. The van der Waals surface area contributed by atoms with Gasteiger partial charge in [0.15, 0.2) is 0 Å². The first kappa shape index (κ1) is 18.5. The maximum Gasteiger partial charge on any atom is 0.411 e. The molecule has 136 valence electrons. The molecule has 2 saturated heterocycles. The van der Waals surface area contributed by atoms with E-state index in [0.29, 0.717) is 39.1 Å². The molecule has 2 aliphatic rings. The van der Waals surface area contributed by atoms with Crippen LogP contribution in [0.2, 0.25) is 0 Å². The highest BCUT2D eigenvalue weighted by Crippen LogP contribution is 2.28. The predicted octanol–water partition coefficient (Wildman–Crippen LogP) is 0.946. The zero-order chi connectivity index (χ0) is 17.9. The smallest absolute Gasteiger partial charge is 0.411 e. The number of hydrogen-bond acceptors (Lipinski definition) is 5. The minimum Gasteiger partial charge on any atom is -0.480 e. The lowest BCUT2D eigenvalue weighted by Gasteiger charge is -2.40. The number of carbonyl (C=O) groups is 3. The van der Waals surface area contributed by atoms with E-state index in [-0.39, 0.29) is 12.5 Å². The zero-order valence-electron chi connectivity index (χ0n) is 14.5. The molecule has 0 aliphatic carbocycles. The molecule has 1 unspecified atom stereocenters. The Bertz CT molecular complexity index is 495. The molecule has 2 amide bonds. The molecule has 0 aromatic heterocycles. The fourth-order valence-electron chi connectivity index (χ4n) is 3.10. The SMILES string of the molecule is CC(C)(C)OC(=O)N1CCCC(C(=O)N2CCOCC2)[C@H]1C(=O)O. The lowest BCUT2D eigenvalue weighted by Crippen LogP contribution is -2.58. The third-order valence-electron chi connectivity index (χ3n) is 4.15. The minimum absolute atomic E-state index is 0.223. The molecule has 2 atom stereocenters. The molecule has 0 aromatic carbocycles. The number of carboxylic acid groups (broad SMARTS) is 1. The van der Waals surface area contributed by atoms with Crippen molar-refractivity contribution >= 4 is 18.0 Å². The van der Waals surface area contributed by atoms with Gasteiger partial charge in [0.1, 0.15) is 11.6 Å². The third-order valence-corrected chi connectivity index (χ3v) is 4.15. The molecule has 0 saturated carbocycles. The summed E-state index contributed by atoms with van der Waals surface area (Å²) in [6, 6.07) is -1.19. The van der Waals surface area contributed by atoms with Crippen molar-refractivity contribution in [1.29, 1.82) is 0 Å². The average Bonchev–Trinajstić information content (AvgIpc) is 2.52. The van der Waals surface area contributed by atoms with E-state index in [0.717, 1.165) is 0 Å². The van der Waals surface area contributed by atoms with Crippen LogP contribution in [-0.4, -0.2) is 77.4 Å². The number of piperidine rings is 1. The van der Waals surface area contributed by atoms with Crippen molar-refractivity contribution in [1.82, 2.24) is 9.80 Å². The molecule has 0 bridgehead atoms. The van der Waals surface area contributed by atoms with E-state index in [4.69, 9.17) is 9.47 Å². The summed E-state index contributed by atoms with van der Waals surface area (Å²) >= 11 is 0. The monoisotopic (exact) mass is 342 g/mol. The van der Waals surface area contributed by atoms with Crippen LogP contribution in [0.25, 0.3) is 0 Å². The first-order valence-electron chi connectivity index (χ1n) is 8.29. The molecule has 2 rings (SSSR count). The van der Waals surface area contributed by atoms with Crippen LogP contribution in [-0.2, 0) is 19.1 Å². The van der Waals surface area contributed by atoms with E-state index >= 15 is 0 Å². The van der Waals surface area contributed by atoms with Crippen molar-refractivity contribution in [3.63, 3.8) is 0 Å². The summed E-state index contributed by atoms with van der Waals surface area (Å²) in [6.07, 6.45) is 0.338. The fraction of sp³-hybridized carbons (Fsp3) is 0.812. The molecule has 8 heteroatoms. The second-order valence-electron chi connectivity index (χ2n) is 7.14. The van der Waals surface area contributed by atoms with Gasteiger partial charge in [-0.2, -0.15) is 0 Å². The first-order valence-corrected chi connectivity index (χ1v) is 8.29. The van der Waals surface area contributed by atoms with E-state index in [9.17, 15) is 19.5 Å². The van der Waals surface area contributed by atoms with E-state index in [1.165, 1.54) is 4.90 Å². The van der Waals surface area contributed by atoms with Crippen LogP contribution >= 0.6 is 0 Å². The normalized spacial score (nSPS) is 25.3. The first-order chi connectivity index (χ1) is 11.2. The standard InChI is InChI=1S/C16H26N2O6/c1-16(2,3)24-15(22)18-6-4-5-11(12(18)14(20)21)13(19)17-7-9-23-10-8-17/h11-12H,4-10H2,1-3H3,(H,20,21)/t11?,12-/m0/s1. The van der Waals surface area contributed by atoms with Crippen LogP contribution in [0.15, 0.2) is 0 Å². The third kappa shape index (κ3) is 4.37. The molecule has 0 radical (unpaired) electrons. The van der Waals surface area contributed by atoms with Crippen LogP contribution in [0.4, 0.5) is 4.79 Å². The molecular weight excluding hydrogens is 316 g/mol. The summed E-state index contributed by atoms with van der Waals surface area (Å²) in [5.74, 6) is -2.15. The lowest BCUT2D eigenvalue weighted by molar-refractivity contribution is -0.155. The second-order valence-corrected chi connectivity index (χ2v) is 7.14. The summed E-state index contributed by atoms with van der Waals surface area (Å²) in [5, 5.41) is 9.63. The van der Waals surface area contributed by atoms with Crippen LogP contribution in [0.1, 0.15) is 33.6 Å². The molecule has 8 nitrogen and oxygen atoms in total. The van der Waals surface area contributed by atoms with Crippen molar-refractivity contribution in [2.75, 3.05) is 32.8 Å². The highest BCUT2D eigenvalue weighted by atomic mass is 16.6. The number of hydrogen-bond donors (Lipinski definition) is 1. The van der Waals surface area contributed by atoms with Crippen LogP contribution in [0.5, 0.6) is 0 Å². The van der Waals surface area contributed by atoms with Gasteiger partial charge in [0.2, 0.25) is 5.91 Å². The van der Waals surface area contributed by atoms with Crippen molar-refractivity contribution in [2.45, 2.75) is 45.3 Å². The van der Waals surface area contributed by atoms with Gasteiger partial charge in [-0.3, -0.25) is 9.69 Å². The van der Waals surface area contributed by atoms with Gasteiger partial charge in [0.25, 0.3) is 0 Å². The van der Waals surface area contributed by atoms with E-state index < -0.39 is 29.6 Å². The number of ether oxygens (including phenoxy) is 2. The van der Waals surface area contributed by atoms with Crippen molar-refractivity contribution in [3.05, 3.63) is 0 Å². The maximum atomic E-state index is 12.7. The van der Waals surface area contributed by atoms with Crippen LogP contribution in [0.3, 0.4) is 0 Å². The predicted molar refractivity (Wildman–Crippen MR) is 84.5 cm³/mol. The van der Waals surface area contributed by atoms with Gasteiger partial charge in [-0.05, 0) is 33.6 Å². The number of nitrogens with zero attached hydrogens (tertiary/aromatic N) is 2. The minimum atomic E-state index is -1.19. The Hall–Kier alpha value is -1.83. The highest BCUT2D eigenvalue weighted by Gasteiger charge is 2.45. The van der Waals surface area contributed by atoms with Crippen molar-refractivity contribution in [3.8, 4) is 0 Å². The molecule has 2 fully saturated rings. The summed E-state index contributed by atoms with van der Waals surface area (Å²) in [5.41, 5.74) is -0.721. The number of aliphatic carboxylic acids is 1. The molecule has 24 heavy (non-hydrogen) atoms. The molecule has 0 aromatic rings. The van der Waals surface area contributed by atoms with Gasteiger partial charge in [-0.1, -0.05) is 0 Å². The van der Waals surface area contributed by atoms with Crippen LogP contribution < -0.4 is 0 Å². The number of carboxylic acids is 1. The fourth-order valence-corrected chi connectivity index (χ4v) is 3.10. The second kappa shape index (κ2) is 7.38. The number of amides is 2. The quantitative estimate of drug-likeness (QED) is 0.802. The highest BCUT2D eigenvalue weighted by molar-refractivity contribution is 5.89. The van der Waals surface area contributed by atoms with Crippen LogP contribution in [0, 0.1) is 5.92 Å². The van der Waals surface area contributed by atoms with Crippen molar-refractivity contribution in [2.24, 2.45) is 5.92 Å². The summed E-state index contributed by atoms with van der Waals surface area (Å²) in [4.78, 5) is 39.7. The van der Waals surface area contributed by atoms with Gasteiger partial charge in [0, 0.05) is 19.6 Å². The maximum absolute atomic E-state index is 12.7. The van der Waals surface area contributed by atoms with Gasteiger partial charge in [-0.15, -0.1) is 0 Å². The van der Waals surface area contributed by atoms with Gasteiger partial charge in [0.05, 0.1) is 19.1 Å². The number of carbonyl (C=O) groups excluding carboxylic acids is 2. The Labute approximate surface area is 141 Å². The molecule has 2 aliphatic heterocycles. The topological polar surface area (TPSA) is 96.4 Å². The number of likely N-dealkylation sites (tertiary alicyclic amines) is 1. The molecular formula is C16H26N2O6. The number of morpholine rings is 1. The van der Waals surface area contributed by atoms with Crippen molar-refractivity contribution < 1.29 is 29.0 Å². The molecule has 2 heterocycles. The molecule has 0 spiro atoms. The Morgan fingerprint density at radius 2 is 1.75 bits per heavy atom. The lowest BCUT2D eigenvalue weighted by atomic mass is 9.88. The summed E-state index contributed by atoms with van der Waals surface area (Å²) in [7, 11) is 0. The van der Waals surface area contributed by atoms with Gasteiger partial charge < -0.3 is 19.5 Å². The zero-order valence-corrected chi connectivity index (χ0v) is 14.5. The summed E-state index contributed by atoms with van der Waals surface area (Å²) in [6.45, 7) is 7.25. The Kier molecular flexibility index (Phi) is 5.69. The Balaban J connectivity index is 2.17. The largest absolute Gasteiger partial charge is 0.480 e. The van der Waals surface area contributed by atoms with E-state index in [2.05, 4.69) is 0 Å². The van der Waals surface area contributed by atoms with Gasteiger partial charge >= 0.3 is 12.1 Å². The van der Waals surface area contributed by atoms with E-state index in [1.54, 1.807) is 25.7 Å². The van der Waals surface area contributed by atoms with Gasteiger partial charge in [-0.25, -0.2) is 9.59 Å². The molecule has 1 N–H and O–H groups in total. The van der Waals surface area contributed by atoms with E-state index in [1.807, 2.05) is 0 Å². The average molecular weight is 342 g/mol. The summed E-state index contributed by atoms with van der Waals surface area (Å²) < 4.78 is 10.5. The Morgan fingerprint density at radius 3 is 2.29 bits per heavy atom. The number of rotatable bonds is 2.